The Morgan fingerprint density at radius 2 is 1.18 bits per heavy atom. The molecule has 4 nitrogen and oxygen atoms in total. The van der Waals surface area contributed by atoms with Crippen molar-refractivity contribution < 1.29 is 0 Å². The summed E-state index contributed by atoms with van der Waals surface area (Å²) in [6, 6.07) is 24.0. The van der Waals surface area contributed by atoms with Gasteiger partial charge in [0.15, 0.2) is 0 Å². The Bertz CT molecular complexity index is 1980. The summed E-state index contributed by atoms with van der Waals surface area (Å²) < 4.78 is 4.45. The molecule has 0 aliphatic carbocycles. The highest BCUT2D eigenvalue weighted by molar-refractivity contribution is 7.27. The average molecular weight is 561 g/mol. The van der Waals surface area contributed by atoms with E-state index >= 15 is 0 Å². The molecule has 0 amide bonds. The van der Waals surface area contributed by atoms with Gasteiger partial charge in [-0.25, -0.2) is 0 Å². The summed E-state index contributed by atoms with van der Waals surface area (Å²) in [6.45, 7) is 4.26. The highest BCUT2D eigenvalue weighted by Crippen LogP contribution is 2.43. The van der Waals surface area contributed by atoms with Crippen LogP contribution in [0.15, 0.2) is 48.5 Å². The quantitative estimate of drug-likeness (QED) is 0.294. The molecule has 0 atom stereocenters. The Morgan fingerprint density at radius 1 is 0.658 bits per heavy atom. The number of thiophene rings is 4. The zero-order valence-corrected chi connectivity index (χ0v) is 23.5. The van der Waals surface area contributed by atoms with Crippen LogP contribution >= 0.6 is 45.3 Å². The topological polar surface area (TPSA) is 95.2 Å². The predicted octanol–water partition coefficient (Wildman–Crippen LogP) is 5.42. The first-order valence-electron chi connectivity index (χ1n) is 11.3. The average Bonchev–Trinajstić information content (AvgIpc) is 3.69. The van der Waals surface area contributed by atoms with Gasteiger partial charge in [-0.05, 0) is 73.0 Å². The van der Waals surface area contributed by atoms with Crippen molar-refractivity contribution in [3.8, 4) is 34.7 Å². The zero-order valence-electron chi connectivity index (χ0n) is 20.2. The highest BCUT2D eigenvalue weighted by atomic mass is 32.1. The molecule has 5 rings (SSSR count). The van der Waals surface area contributed by atoms with E-state index in [1.165, 1.54) is 48.9 Å². The Balaban J connectivity index is 1.77. The lowest BCUT2D eigenvalue weighted by molar-refractivity contribution is 1.39. The van der Waals surface area contributed by atoms with E-state index in [0.717, 1.165) is 24.2 Å². The number of nitrogens with zero attached hydrogens (tertiary/aromatic N) is 4. The third kappa shape index (κ3) is 4.71. The summed E-state index contributed by atoms with van der Waals surface area (Å²) in [7, 11) is 0. The van der Waals surface area contributed by atoms with Gasteiger partial charge in [0.1, 0.15) is 35.4 Å². The van der Waals surface area contributed by atoms with E-state index in [9.17, 15) is 21.0 Å². The number of aryl methyl sites for hydroxylation is 2. The highest BCUT2D eigenvalue weighted by Gasteiger charge is 2.16. The van der Waals surface area contributed by atoms with Crippen molar-refractivity contribution >= 4 is 78.7 Å². The maximum Gasteiger partial charge on any atom is 0.146 e. The molecule has 0 bridgehead atoms. The number of hydrogen-bond acceptors (Lipinski definition) is 8. The molecule has 4 aromatic heterocycles. The van der Waals surface area contributed by atoms with Gasteiger partial charge in [-0.1, -0.05) is 18.2 Å². The minimum absolute atomic E-state index is 0.118. The van der Waals surface area contributed by atoms with E-state index < -0.39 is 0 Å². The molecule has 0 radical (unpaired) electrons. The fraction of sp³-hybridized carbons (Fsp3) is 0.0667. The summed E-state index contributed by atoms with van der Waals surface area (Å²) in [5.41, 5.74) is 3.94. The molecule has 0 aliphatic rings. The minimum Gasteiger partial charge on any atom is -0.192 e. The molecule has 0 fully saturated rings. The van der Waals surface area contributed by atoms with E-state index in [-0.39, 0.29) is 11.1 Å². The third-order valence-electron chi connectivity index (χ3n) is 5.91. The van der Waals surface area contributed by atoms with E-state index in [2.05, 4.69) is 50.3 Å². The number of hydrogen-bond donors (Lipinski definition) is 0. The SMILES string of the molecule is Cc1cccc(C)c1-c1cc2c(/C=c3\ccc(=C(C#N)C#N)s3)sc(/C=c3\ccc(=C(C#N)C#N)s3)c2s1. The second-order valence-electron chi connectivity index (χ2n) is 8.34. The van der Waals surface area contributed by atoms with Crippen LogP contribution in [-0.4, -0.2) is 0 Å². The maximum atomic E-state index is 9.24. The summed E-state index contributed by atoms with van der Waals surface area (Å²) in [4.78, 5) is 3.41. The second-order valence-corrected chi connectivity index (χ2v) is 12.7. The van der Waals surface area contributed by atoms with Gasteiger partial charge in [0.25, 0.3) is 0 Å². The van der Waals surface area contributed by atoms with Crippen LogP contribution in [0.1, 0.15) is 20.9 Å². The molecule has 38 heavy (non-hydrogen) atoms. The lowest BCUT2D eigenvalue weighted by Crippen LogP contribution is -1.96. The van der Waals surface area contributed by atoms with Crippen LogP contribution in [-0.2, 0) is 0 Å². The second kappa shape index (κ2) is 10.6. The molecule has 0 saturated heterocycles. The van der Waals surface area contributed by atoms with Gasteiger partial charge in [0.05, 0.1) is 13.8 Å². The number of benzene rings is 1. The van der Waals surface area contributed by atoms with Gasteiger partial charge in [0.2, 0.25) is 0 Å². The molecular weight excluding hydrogens is 545 g/mol. The van der Waals surface area contributed by atoms with Crippen molar-refractivity contribution in [1.29, 1.82) is 21.0 Å². The Hall–Kier alpha value is -4.28. The monoisotopic (exact) mass is 560 g/mol. The van der Waals surface area contributed by atoms with Crippen molar-refractivity contribution in [3.05, 3.63) is 87.5 Å². The van der Waals surface area contributed by atoms with Crippen molar-refractivity contribution in [1.82, 2.24) is 0 Å². The van der Waals surface area contributed by atoms with Crippen LogP contribution in [0.2, 0.25) is 0 Å². The minimum atomic E-state index is 0.118. The number of rotatable bonds is 3. The molecule has 4 heterocycles. The number of nitriles is 4. The fourth-order valence-electron chi connectivity index (χ4n) is 4.16. The zero-order chi connectivity index (χ0) is 26.8. The van der Waals surface area contributed by atoms with Crippen LogP contribution in [0, 0.1) is 59.2 Å². The van der Waals surface area contributed by atoms with Crippen LogP contribution in [0.25, 0.3) is 43.8 Å². The predicted molar refractivity (Wildman–Crippen MR) is 158 cm³/mol. The molecule has 1 aromatic carbocycles. The summed E-state index contributed by atoms with van der Waals surface area (Å²) in [5, 5.41) is 38.1. The Morgan fingerprint density at radius 3 is 1.71 bits per heavy atom. The molecule has 180 valence electrons. The van der Waals surface area contributed by atoms with E-state index in [0.29, 0.717) is 9.06 Å². The third-order valence-corrected chi connectivity index (χ3v) is 10.4. The fourth-order valence-corrected chi connectivity index (χ4v) is 8.76. The first kappa shape index (κ1) is 25.4. The molecule has 0 unspecified atom stereocenters. The normalized spacial score (nSPS) is 11.6. The molecule has 8 heteroatoms. The smallest absolute Gasteiger partial charge is 0.146 e. The Labute approximate surface area is 234 Å². The first-order chi connectivity index (χ1) is 18.4. The molecular formula is C30H16N4S4. The van der Waals surface area contributed by atoms with Crippen LogP contribution in [0.5, 0.6) is 0 Å². The molecule has 0 spiro atoms. The van der Waals surface area contributed by atoms with Gasteiger partial charge in [-0.2, -0.15) is 21.0 Å². The lowest BCUT2D eigenvalue weighted by Gasteiger charge is -2.06. The van der Waals surface area contributed by atoms with Gasteiger partial charge < -0.3 is 0 Å². The van der Waals surface area contributed by atoms with Crippen LogP contribution in [0.3, 0.4) is 0 Å². The summed E-state index contributed by atoms with van der Waals surface area (Å²) >= 11 is 6.30. The molecule has 5 aromatic rings. The standard InChI is InChI=1S/C30H16N4S4/c1-17-4-3-5-18(2)29(17)27-12-23-26(10-21-6-8-24(35-21)19(13-31)14-32)37-28(30(23)38-27)11-22-7-9-25(36-22)20(15-33)16-34/h3-12H,1-2H3/b21-10+,22-11+. The first-order valence-corrected chi connectivity index (χ1v) is 14.6. The van der Waals surface area contributed by atoms with Gasteiger partial charge in [0, 0.05) is 29.1 Å². The molecule has 0 N–H and O–H groups in total. The number of fused-ring (bicyclic) bond motifs is 1. The Kier molecular flexibility index (Phi) is 7.08. The van der Waals surface area contributed by atoms with Crippen molar-refractivity contribution in [2.75, 3.05) is 0 Å². The molecule has 0 aliphatic heterocycles. The van der Waals surface area contributed by atoms with Crippen molar-refractivity contribution in [3.63, 3.8) is 0 Å². The van der Waals surface area contributed by atoms with Crippen LogP contribution in [0.4, 0.5) is 0 Å². The van der Waals surface area contributed by atoms with Crippen LogP contribution < -0.4 is 18.1 Å². The van der Waals surface area contributed by atoms with E-state index in [4.69, 9.17) is 0 Å². The van der Waals surface area contributed by atoms with Crippen molar-refractivity contribution in [2.45, 2.75) is 13.8 Å². The van der Waals surface area contributed by atoms with E-state index in [1.54, 1.807) is 22.7 Å². The molecule has 0 saturated carbocycles. The summed E-state index contributed by atoms with van der Waals surface area (Å²) in [6.07, 6.45) is 4.23. The van der Waals surface area contributed by atoms with Crippen molar-refractivity contribution in [2.24, 2.45) is 0 Å². The maximum absolute atomic E-state index is 9.24. The van der Waals surface area contributed by atoms with Gasteiger partial charge in [-0.3, -0.25) is 0 Å². The van der Waals surface area contributed by atoms with Gasteiger partial charge >= 0.3 is 0 Å². The lowest BCUT2D eigenvalue weighted by atomic mass is 10.0. The van der Waals surface area contributed by atoms with E-state index in [1.807, 2.05) is 48.5 Å². The summed E-state index contributed by atoms with van der Waals surface area (Å²) in [5.74, 6) is 0. The van der Waals surface area contributed by atoms with Gasteiger partial charge in [-0.15, -0.1) is 45.3 Å². The largest absolute Gasteiger partial charge is 0.192 e.